The number of methoxy groups -OCH3 is 1. The minimum atomic E-state index is -0.273. The predicted octanol–water partition coefficient (Wildman–Crippen LogP) is 3.57. The van der Waals surface area contributed by atoms with E-state index in [0.29, 0.717) is 36.0 Å². The predicted molar refractivity (Wildman–Crippen MR) is 115 cm³/mol. The maximum absolute atomic E-state index is 12.1. The van der Waals surface area contributed by atoms with Gasteiger partial charge in [0.05, 0.1) is 7.11 Å². The Labute approximate surface area is 181 Å². The van der Waals surface area contributed by atoms with Crippen LogP contribution in [0, 0.1) is 0 Å². The van der Waals surface area contributed by atoms with Crippen LogP contribution in [-0.4, -0.2) is 30.4 Å². The van der Waals surface area contributed by atoms with E-state index in [9.17, 15) is 9.59 Å². The standard InChI is InChI=1S/C24H24N2O5/c1-17(27)20-4-3-5-21(13-20)30-16-24(28)26-14-19-6-7-22(23(12-19)29-2)31-15-18-8-10-25-11-9-18/h3-13H,14-16H2,1-2H3,(H,26,28). The van der Waals surface area contributed by atoms with Gasteiger partial charge in [0.25, 0.3) is 5.91 Å². The fraction of sp³-hybridized carbons (Fsp3) is 0.208. The summed E-state index contributed by atoms with van der Waals surface area (Å²) in [6, 6.07) is 16.0. The van der Waals surface area contributed by atoms with Crippen LogP contribution in [0.4, 0.5) is 0 Å². The number of benzene rings is 2. The molecule has 1 heterocycles. The molecule has 0 radical (unpaired) electrons. The van der Waals surface area contributed by atoms with Crippen LogP contribution in [0.2, 0.25) is 0 Å². The van der Waals surface area contributed by atoms with Crippen LogP contribution >= 0.6 is 0 Å². The largest absolute Gasteiger partial charge is 0.493 e. The van der Waals surface area contributed by atoms with Gasteiger partial charge in [-0.15, -0.1) is 0 Å². The van der Waals surface area contributed by atoms with Gasteiger partial charge in [-0.3, -0.25) is 14.6 Å². The van der Waals surface area contributed by atoms with Crippen molar-refractivity contribution in [2.24, 2.45) is 0 Å². The number of pyridine rings is 1. The number of aromatic nitrogens is 1. The number of nitrogens with zero attached hydrogens (tertiary/aromatic N) is 1. The van der Waals surface area contributed by atoms with Gasteiger partial charge < -0.3 is 19.5 Å². The van der Waals surface area contributed by atoms with Gasteiger partial charge in [0.15, 0.2) is 23.9 Å². The molecule has 1 amide bonds. The Hall–Kier alpha value is -3.87. The van der Waals surface area contributed by atoms with E-state index in [0.717, 1.165) is 11.1 Å². The van der Waals surface area contributed by atoms with Crippen LogP contribution in [-0.2, 0) is 17.9 Å². The van der Waals surface area contributed by atoms with Crippen molar-refractivity contribution in [2.75, 3.05) is 13.7 Å². The highest BCUT2D eigenvalue weighted by atomic mass is 16.5. The number of carbonyl (C=O) groups excluding carboxylic acids is 2. The number of hydrogen-bond donors (Lipinski definition) is 1. The SMILES string of the molecule is COc1cc(CNC(=O)COc2cccc(C(C)=O)c2)ccc1OCc1ccncc1. The minimum absolute atomic E-state index is 0.0583. The first kappa shape index (κ1) is 21.8. The average molecular weight is 420 g/mol. The Morgan fingerprint density at radius 2 is 1.74 bits per heavy atom. The molecule has 160 valence electrons. The second kappa shape index (κ2) is 10.8. The Balaban J connectivity index is 1.51. The molecule has 2 aromatic carbocycles. The molecule has 0 aliphatic rings. The molecule has 0 aliphatic carbocycles. The maximum atomic E-state index is 12.1. The number of ketones is 1. The lowest BCUT2D eigenvalue weighted by Gasteiger charge is -2.13. The lowest BCUT2D eigenvalue weighted by atomic mass is 10.1. The smallest absolute Gasteiger partial charge is 0.258 e. The van der Waals surface area contributed by atoms with Gasteiger partial charge in [0.1, 0.15) is 12.4 Å². The van der Waals surface area contributed by atoms with Crippen LogP contribution in [0.1, 0.15) is 28.4 Å². The Bertz CT molecular complexity index is 1040. The number of hydrogen-bond acceptors (Lipinski definition) is 6. The summed E-state index contributed by atoms with van der Waals surface area (Å²) in [5, 5.41) is 2.80. The summed E-state index contributed by atoms with van der Waals surface area (Å²) in [4.78, 5) is 27.5. The van der Waals surface area contributed by atoms with Crippen LogP contribution in [0.25, 0.3) is 0 Å². The van der Waals surface area contributed by atoms with Gasteiger partial charge in [0.2, 0.25) is 0 Å². The number of ether oxygens (including phenoxy) is 3. The third-order valence-electron chi connectivity index (χ3n) is 4.47. The Morgan fingerprint density at radius 1 is 0.935 bits per heavy atom. The second-order valence-electron chi connectivity index (χ2n) is 6.78. The molecule has 7 heteroatoms. The number of Topliss-reactive ketones (excluding diaryl/α,β-unsaturated/α-hetero) is 1. The third-order valence-corrected chi connectivity index (χ3v) is 4.47. The van der Waals surface area contributed by atoms with Gasteiger partial charge >= 0.3 is 0 Å². The van der Waals surface area contributed by atoms with Crippen molar-refractivity contribution < 1.29 is 23.8 Å². The zero-order valence-electron chi connectivity index (χ0n) is 17.5. The molecule has 1 N–H and O–H groups in total. The van der Waals surface area contributed by atoms with Gasteiger partial charge in [-0.05, 0) is 54.4 Å². The lowest BCUT2D eigenvalue weighted by molar-refractivity contribution is -0.123. The quantitative estimate of drug-likeness (QED) is 0.505. The Morgan fingerprint density at radius 3 is 2.48 bits per heavy atom. The van der Waals surface area contributed by atoms with E-state index in [1.54, 1.807) is 43.8 Å². The highest BCUT2D eigenvalue weighted by Gasteiger charge is 2.09. The summed E-state index contributed by atoms with van der Waals surface area (Å²) in [6.45, 7) is 2.05. The van der Waals surface area contributed by atoms with Crippen LogP contribution in [0.5, 0.6) is 17.2 Å². The molecule has 0 fully saturated rings. The first-order valence-electron chi connectivity index (χ1n) is 9.74. The summed E-state index contributed by atoms with van der Waals surface area (Å²) >= 11 is 0. The van der Waals surface area contributed by atoms with E-state index >= 15 is 0 Å². The van der Waals surface area contributed by atoms with E-state index in [-0.39, 0.29) is 18.3 Å². The molecule has 7 nitrogen and oxygen atoms in total. The molecule has 0 aliphatic heterocycles. The first-order chi connectivity index (χ1) is 15.0. The number of amides is 1. The van der Waals surface area contributed by atoms with Gasteiger partial charge in [0, 0.05) is 24.5 Å². The molecule has 3 rings (SSSR count). The number of rotatable bonds is 10. The summed E-state index contributed by atoms with van der Waals surface area (Å²) in [5.41, 5.74) is 2.40. The van der Waals surface area contributed by atoms with E-state index in [2.05, 4.69) is 10.3 Å². The highest BCUT2D eigenvalue weighted by molar-refractivity contribution is 5.94. The Kier molecular flexibility index (Phi) is 7.59. The van der Waals surface area contributed by atoms with Crippen molar-refractivity contribution in [3.05, 3.63) is 83.7 Å². The monoisotopic (exact) mass is 420 g/mol. The summed E-state index contributed by atoms with van der Waals surface area (Å²) in [7, 11) is 1.57. The van der Waals surface area contributed by atoms with E-state index in [4.69, 9.17) is 14.2 Å². The maximum Gasteiger partial charge on any atom is 0.258 e. The molecular weight excluding hydrogens is 396 g/mol. The first-order valence-corrected chi connectivity index (χ1v) is 9.74. The molecule has 0 saturated carbocycles. The van der Waals surface area contributed by atoms with Crippen molar-refractivity contribution in [3.8, 4) is 17.2 Å². The van der Waals surface area contributed by atoms with Gasteiger partial charge in [-0.2, -0.15) is 0 Å². The van der Waals surface area contributed by atoms with Crippen LogP contribution < -0.4 is 19.5 Å². The fourth-order valence-electron chi connectivity index (χ4n) is 2.79. The summed E-state index contributed by atoms with van der Waals surface area (Å²) in [5.74, 6) is 1.34. The minimum Gasteiger partial charge on any atom is -0.493 e. The number of nitrogens with one attached hydrogen (secondary N) is 1. The van der Waals surface area contributed by atoms with Crippen molar-refractivity contribution >= 4 is 11.7 Å². The molecule has 1 aromatic heterocycles. The molecule has 31 heavy (non-hydrogen) atoms. The molecule has 0 spiro atoms. The fourth-order valence-corrected chi connectivity index (χ4v) is 2.79. The average Bonchev–Trinajstić information content (AvgIpc) is 2.81. The van der Waals surface area contributed by atoms with Gasteiger partial charge in [-0.25, -0.2) is 0 Å². The van der Waals surface area contributed by atoms with Crippen molar-refractivity contribution in [1.29, 1.82) is 0 Å². The second-order valence-corrected chi connectivity index (χ2v) is 6.78. The van der Waals surface area contributed by atoms with E-state index in [1.165, 1.54) is 6.92 Å². The van der Waals surface area contributed by atoms with Gasteiger partial charge in [-0.1, -0.05) is 18.2 Å². The zero-order chi connectivity index (χ0) is 22.1. The lowest BCUT2D eigenvalue weighted by Crippen LogP contribution is -2.28. The molecule has 0 unspecified atom stereocenters. The summed E-state index contributed by atoms with van der Waals surface area (Å²) in [6.07, 6.45) is 3.43. The van der Waals surface area contributed by atoms with Crippen molar-refractivity contribution in [2.45, 2.75) is 20.1 Å². The molecule has 0 atom stereocenters. The van der Waals surface area contributed by atoms with Crippen molar-refractivity contribution in [1.82, 2.24) is 10.3 Å². The molecule has 0 bridgehead atoms. The van der Waals surface area contributed by atoms with E-state index in [1.807, 2.05) is 30.3 Å². The normalized spacial score (nSPS) is 10.3. The number of carbonyl (C=O) groups is 2. The van der Waals surface area contributed by atoms with Crippen LogP contribution in [0.3, 0.4) is 0 Å². The zero-order valence-corrected chi connectivity index (χ0v) is 17.5. The molecule has 3 aromatic rings. The highest BCUT2D eigenvalue weighted by Crippen LogP contribution is 2.28. The topological polar surface area (TPSA) is 86.8 Å². The molecule has 0 saturated heterocycles. The summed E-state index contributed by atoms with van der Waals surface area (Å²) < 4.78 is 16.7. The third kappa shape index (κ3) is 6.57. The van der Waals surface area contributed by atoms with Crippen LogP contribution in [0.15, 0.2) is 67.0 Å². The van der Waals surface area contributed by atoms with Crippen molar-refractivity contribution in [3.63, 3.8) is 0 Å². The molecular formula is C24H24N2O5. The van der Waals surface area contributed by atoms with E-state index < -0.39 is 0 Å².